The third-order valence-electron chi connectivity index (χ3n) is 10.1. The van der Waals surface area contributed by atoms with Crippen molar-refractivity contribution in [2.45, 2.75) is 69.1 Å². The van der Waals surface area contributed by atoms with E-state index in [2.05, 4.69) is 45.5 Å². The maximum absolute atomic E-state index is 14.4. The molecule has 3 unspecified atom stereocenters. The van der Waals surface area contributed by atoms with Gasteiger partial charge in [-0.25, -0.2) is 4.39 Å². The summed E-state index contributed by atoms with van der Waals surface area (Å²) >= 11 is 0. The van der Waals surface area contributed by atoms with Crippen LogP contribution in [0.1, 0.15) is 48.9 Å². The van der Waals surface area contributed by atoms with E-state index < -0.39 is 6.17 Å². The summed E-state index contributed by atoms with van der Waals surface area (Å²) in [6.07, 6.45) is 8.31. The van der Waals surface area contributed by atoms with E-state index >= 15 is 0 Å². The number of halogens is 1. The first-order chi connectivity index (χ1) is 20.0. The summed E-state index contributed by atoms with van der Waals surface area (Å²) in [4.78, 5) is 31.3. The minimum Gasteiger partial charge on any atom is -0.461 e. The summed E-state index contributed by atoms with van der Waals surface area (Å²) in [5.74, 6) is 0.926. The second-order valence-electron chi connectivity index (χ2n) is 12.5. The molecule has 9 heteroatoms. The Labute approximate surface area is 242 Å². The molecule has 2 aromatic rings. The van der Waals surface area contributed by atoms with Crippen LogP contribution in [0.15, 0.2) is 36.9 Å². The molecule has 0 saturated carbocycles. The molecule has 5 heterocycles. The molecule has 7 rings (SSSR count). The number of aromatic nitrogens is 2. The van der Waals surface area contributed by atoms with E-state index in [1.54, 1.807) is 0 Å². The molecule has 8 nitrogen and oxygen atoms in total. The summed E-state index contributed by atoms with van der Waals surface area (Å²) in [7, 11) is 0. The lowest BCUT2D eigenvalue weighted by atomic mass is 9.88. The zero-order valence-electron chi connectivity index (χ0n) is 23.9. The molecular weight excluding hydrogens is 519 g/mol. The van der Waals surface area contributed by atoms with Crippen LogP contribution in [0.4, 0.5) is 15.9 Å². The average molecular weight is 561 g/mol. The number of carbonyl (C=O) groups excluding carboxylic acids is 1. The van der Waals surface area contributed by atoms with Crippen LogP contribution in [0.25, 0.3) is 0 Å². The van der Waals surface area contributed by atoms with Gasteiger partial charge in [-0.1, -0.05) is 24.8 Å². The van der Waals surface area contributed by atoms with Crippen LogP contribution in [-0.4, -0.2) is 95.8 Å². The molecule has 0 N–H and O–H groups in total. The van der Waals surface area contributed by atoms with Crippen molar-refractivity contribution in [2.75, 3.05) is 62.2 Å². The van der Waals surface area contributed by atoms with Crippen molar-refractivity contribution in [3.8, 4) is 6.01 Å². The van der Waals surface area contributed by atoms with Crippen LogP contribution in [0.3, 0.4) is 0 Å². The van der Waals surface area contributed by atoms with E-state index in [0.717, 1.165) is 63.1 Å². The second-order valence-corrected chi connectivity index (χ2v) is 12.5. The van der Waals surface area contributed by atoms with Crippen LogP contribution in [-0.2, 0) is 24.1 Å². The number of piperazine rings is 1. The summed E-state index contributed by atoms with van der Waals surface area (Å²) in [5.41, 5.74) is 4.85. The minimum absolute atomic E-state index is 0.0221. The van der Waals surface area contributed by atoms with Crippen molar-refractivity contribution in [3.05, 3.63) is 53.7 Å². The Morgan fingerprint density at radius 3 is 2.80 bits per heavy atom. The number of amides is 1. The highest BCUT2D eigenvalue weighted by Gasteiger charge is 2.49. The molecule has 4 aliphatic heterocycles. The Bertz CT molecular complexity index is 1310. The fourth-order valence-corrected chi connectivity index (χ4v) is 8.01. The lowest BCUT2D eigenvalue weighted by Crippen LogP contribution is -2.49. The van der Waals surface area contributed by atoms with Crippen LogP contribution in [0, 0.1) is 0 Å². The maximum atomic E-state index is 14.4. The molecule has 3 saturated heterocycles. The number of fused-ring (bicyclic) bond motifs is 3. The number of para-hydroxylation sites is 1. The molecule has 1 amide bonds. The molecular formula is C32H41FN6O2. The minimum atomic E-state index is -0.790. The van der Waals surface area contributed by atoms with Crippen molar-refractivity contribution in [1.82, 2.24) is 19.8 Å². The second kappa shape index (κ2) is 10.9. The molecule has 3 fully saturated rings. The molecule has 3 atom stereocenters. The van der Waals surface area contributed by atoms with Crippen molar-refractivity contribution in [3.63, 3.8) is 0 Å². The molecule has 218 valence electrons. The highest BCUT2D eigenvalue weighted by atomic mass is 19.1. The van der Waals surface area contributed by atoms with Crippen molar-refractivity contribution < 1.29 is 13.9 Å². The SMILES string of the molecule is C=CC(=O)N1CCN(c2nc(OCC34CCCN3CC(F)C4)nc3c2CCC(N2CCCc4ccccc42)C3)CC1. The third kappa shape index (κ3) is 4.96. The van der Waals surface area contributed by atoms with Gasteiger partial charge >= 0.3 is 6.01 Å². The van der Waals surface area contributed by atoms with Gasteiger partial charge in [0.25, 0.3) is 0 Å². The molecule has 41 heavy (non-hydrogen) atoms. The van der Waals surface area contributed by atoms with E-state index in [9.17, 15) is 9.18 Å². The van der Waals surface area contributed by atoms with Gasteiger partial charge in [-0.2, -0.15) is 9.97 Å². The topological polar surface area (TPSA) is 65.0 Å². The van der Waals surface area contributed by atoms with E-state index in [0.29, 0.717) is 57.8 Å². The molecule has 5 aliphatic rings. The molecule has 0 radical (unpaired) electrons. The summed E-state index contributed by atoms with van der Waals surface area (Å²) in [5, 5.41) is 0. The van der Waals surface area contributed by atoms with Crippen LogP contribution >= 0.6 is 0 Å². The van der Waals surface area contributed by atoms with Gasteiger partial charge in [0, 0.05) is 69.4 Å². The van der Waals surface area contributed by atoms with E-state index in [-0.39, 0.29) is 11.4 Å². The van der Waals surface area contributed by atoms with Crippen LogP contribution in [0.2, 0.25) is 0 Å². The van der Waals surface area contributed by atoms with Crippen molar-refractivity contribution in [1.29, 1.82) is 0 Å². The molecule has 1 aromatic carbocycles. The monoisotopic (exact) mass is 560 g/mol. The Balaban J connectivity index is 1.17. The van der Waals surface area contributed by atoms with Gasteiger partial charge in [0.1, 0.15) is 18.6 Å². The number of benzene rings is 1. The lowest BCUT2D eigenvalue weighted by molar-refractivity contribution is -0.126. The number of aryl methyl sites for hydroxylation is 1. The standard InChI is InChI=1S/C32H41FN6O2/c1-2-29(40)36-15-17-37(18-16-36)30-26-11-10-25(39-14-5-8-23-7-3-4-9-28(23)39)19-27(26)34-31(35-30)41-22-32-12-6-13-38(32)21-24(33)20-32/h2-4,7,9,24-25H,1,5-6,8,10-22H2. The van der Waals surface area contributed by atoms with Crippen LogP contribution in [0.5, 0.6) is 6.01 Å². The van der Waals surface area contributed by atoms with Crippen molar-refractivity contribution >= 4 is 17.4 Å². The van der Waals surface area contributed by atoms with Gasteiger partial charge in [0.2, 0.25) is 5.91 Å². The third-order valence-corrected chi connectivity index (χ3v) is 10.1. The number of hydrogen-bond acceptors (Lipinski definition) is 7. The van der Waals surface area contributed by atoms with Crippen molar-refractivity contribution in [2.24, 2.45) is 0 Å². The lowest BCUT2D eigenvalue weighted by Gasteiger charge is -2.41. The van der Waals surface area contributed by atoms with Gasteiger partial charge in [-0.15, -0.1) is 0 Å². The van der Waals surface area contributed by atoms with Crippen LogP contribution < -0.4 is 14.5 Å². The van der Waals surface area contributed by atoms with Gasteiger partial charge < -0.3 is 19.4 Å². The smallest absolute Gasteiger partial charge is 0.318 e. The average Bonchev–Trinajstić information content (AvgIpc) is 3.54. The number of anilines is 2. The van der Waals surface area contributed by atoms with Gasteiger partial charge in [0.05, 0.1) is 11.2 Å². The van der Waals surface area contributed by atoms with E-state index in [1.807, 2.05) is 4.90 Å². The number of nitrogens with zero attached hydrogens (tertiary/aromatic N) is 6. The molecule has 1 aromatic heterocycles. The Morgan fingerprint density at radius 2 is 1.95 bits per heavy atom. The predicted octanol–water partition coefficient (Wildman–Crippen LogP) is 3.58. The number of rotatable bonds is 6. The van der Waals surface area contributed by atoms with Gasteiger partial charge in [-0.3, -0.25) is 9.69 Å². The Morgan fingerprint density at radius 1 is 1.10 bits per heavy atom. The number of alkyl halides is 1. The normalized spacial score (nSPS) is 27.8. The summed E-state index contributed by atoms with van der Waals surface area (Å²) in [6.45, 7) is 9.30. The van der Waals surface area contributed by atoms with Gasteiger partial charge in [-0.05, 0) is 62.8 Å². The summed E-state index contributed by atoms with van der Waals surface area (Å²) in [6, 6.07) is 9.61. The first-order valence-electron chi connectivity index (χ1n) is 15.5. The highest BCUT2D eigenvalue weighted by Crippen LogP contribution is 2.41. The molecule has 0 bridgehead atoms. The summed E-state index contributed by atoms with van der Waals surface area (Å²) < 4.78 is 20.8. The first-order valence-corrected chi connectivity index (χ1v) is 15.5. The van der Waals surface area contributed by atoms with E-state index in [4.69, 9.17) is 14.7 Å². The Hall–Kier alpha value is -3.20. The van der Waals surface area contributed by atoms with Gasteiger partial charge in [0.15, 0.2) is 0 Å². The predicted molar refractivity (Wildman–Crippen MR) is 157 cm³/mol. The zero-order chi connectivity index (χ0) is 28.0. The Kier molecular flexibility index (Phi) is 7.09. The van der Waals surface area contributed by atoms with E-state index in [1.165, 1.54) is 29.3 Å². The molecule has 0 spiro atoms. The first kappa shape index (κ1) is 26.7. The quantitative estimate of drug-likeness (QED) is 0.501. The maximum Gasteiger partial charge on any atom is 0.318 e. The molecule has 1 aliphatic carbocycles. The number of hydrogen-bond donors (Lipinski definition) is 0. The highest BCUT2D eigenvalue weighted by molar-refractivity contribution is 5.87. The largest absolute Gasteiger partial charge is 0.461 e. The fourth-order valence-electron chi connectivity index (χ4n) is 8.01. The zero-order valence-corrected chi connectivity index (χ0v) is 23.9. The number of carbonyl (C=O) groups is 1. The fraction of sp³-hybridized carbons (Fsp3) is 0.594. The number of ether oxygens (including phenoxy) is 1.